The van der Waals surface area contributed by atoms with E-state index in [0.717, 1.165) is 16.5 Å². The first-order chi connectivity index (χ1) is 15.2. The van der Waals surface area contributed by atoms with Gasteiger partial charge < -0.3 is 15.0 Å². The molecule has 1 aliphatic rings. The number of aliphatic hydroxyl groups is 1. The number of carbonyl (C=O) groups is 1. The van der Waals surface area contributed by atoms with Gasteiger partial charge in [0, 0.05) is 44.0 Å². The first-order valence-corrected chi connectivity index (χ1v) is 12.1. The molecule has 32 heavy (non-hydrogen) atoms. The van der Waals surface area contributed by atoms with E-state index in [2.05, 4.69) is 10.3 Å². The summed E-state index contributed by atoms with van der Waals surface area (Å²) in [6.45, 7) is 4.36. The maximum Gasteiger partial charge on any atom is 0.268 e. The monoisotopic (exact) mass is 456 g/mol. The van der Waals surface area contributed by atoms with Gasteiger partial charge in [-0.2, -0.15) is 4.31 Å². The molecule has 0 saturated carbocycles. The molecule has 1 aromatic carbocycles. The van der Waals surface area contributed by atoms with E-state index in [1.54, 1.807) is 24.7 Å². The summed E-state index contributed by atoms with van der Waals surface area (Å²) in [6, 6.07) is 11.0. The number of amides is 1. The quantitative estimate of drug-likeness (QED) is 0.613. The van der Waals surface area contributed by atoms with Crippen LogP contribution in [0.5, 0.6) is 0 Å². The van der Waals surface area contributed by atoms with Crippen LogP contribution in [0.15, 0.2) is 47.5 Å². The van der Waals surface area contributed by atoms with Crippen molar-refractivity contribution in [3.63, 3.8) is 0 Å². The molecule has 0 unspecified atom stereocenters. The Balaban J connectivity index is 1.56. The van der Waals surface area contributed by atoms with E-state index in [9.17, 15) is 18.3 Å². The lowest BCUT2D eigenvalue weighted by molar-refractivity contribution is 0.0628. The summed E-state index contributed by atoms with van der Waals surface area (Å²) < 4.78 is 29.5. The second-order valence-corrected chi connectivity index (χ2v) is 10.3. The van der Waals surface area contributed by atoms with Crippen LogP contribution in [0.2, 0.25) is 0 Å². The summed E-state index contributed by atoms with van der Waals surface area (Å²) in [5, 5.41) is 13.8. The molecule has 0 radical (unpaired) electrons. The highest BCUT2D eigenvalue weighted by Gasteiger charge is 2.35. The van der Waals surface area contributed by atoms with Gasteiger partial charge >= 0.3 is 0 Å². The minimum absolute atomic E-state index is 0.128. The van der Waals surface area contributed by atoms with Crippen molar-refractivity contribution in [1.82, 2.24) is 19.2 Å². The molecule has 0 bridgehead atoms. The standard InChI is InChI=1S/C23H28N4O4S/c1-15-14-27(11-9-21(15)28)32(30,31)22-12-20(26(3)16(22)2)23(29)25-13-17-6-4-8-19-18(17)7-5-10-24-19/h4-8,10,12,15,21,28H,9,11,13-14H2,1-3H3,(H,25,29)/t15-,21+/m1/s1. The first-order valence-electron chi connectivity index (χ1n) is 10.7. The van der Waals surface area contributed by atoms with Gasteiger partial charge in [-0.1, -0.05) is 25.1 Å². The van der Waals surface area contributed by atoms with Crippen LogP contribution in [-0.2, 0) is 23.6 Å². The van der Waals surface area contributed by atoms with E-state index in [1.807, 2.05) is 37.3 Å². The van der Waals surface area contributed by atoms with Gasteiger partial charge in [-0.05, 0) is 43.0 Å². The molecular formula is C23H28N4O4S. The largest absolute Gasteiger partial charge is 0.393 e. The van der Waals surface area contributed by atoms with Crippen molar-refractivity contribution in [2.45, 2.75) is 37.8 Å². The van der Waals surface area contributed by atoms with Crippen LogP contribution in [0.3, 0.4) is 0 Å². The molecule has 4 rings (SSSR count). The molecule has 0 spiro atoms. The van der Waals surface area contributed by atoms with Crippen LogP contribution in [0.1, 0.15) is 35.1 Å². The molecule has 3 aromatic rings. The number of piperidine rings is 1. The Morgan fingerprint density at radius 2 is 2.06 bits per heavy atom. The minimum atomic E-state index is -3.77. The van der Waals surface area contributed by atoms with E-state index in [1.165, 1.54) is 10.4 Å². The number of carbonyl (C=O) groups excluding carboxylic acids is 1. The SMILES string of the molecule is Cc1c(S(=O)(=O)N2CC[C@H](O)[C@H](C)C2)cc(C(=O)NCc2cccc3ncccc23)n1C. The highest BCUT2D eigenvalue weighted by Crippen LogP contribution is 2.27. The van der Waals surface area contributed by atoms with Gasteiger partial charge in [-0.3, -0.25) is 9.78 Å². The van der Waals surface area contributed by atoms with E-state index in [4.69, 9.17) is 0 Å². The summed E-state index contributed by atoms with van der Waals surface area (Å²) in [4.78, 5) is 17.4. The van der Waals surface area contributed by atoms with Crippen molar-refractivity contribution in [2.24, 2.45) is 13.0 Å². The third kappa shape index (κ3) is 4.03. The lowest BCUT2D eigenvalue weighted by atomic mass is 9.99. The van der Waals surface area contributed by atoms with Crippen molar-refractivity contribution < 1.29 is 18.3 Å². The van der Waals surface area contributed by atoms with E-state index >= 15 is 0 Å². The van der Waals surface area contributed by atoms with Crippen molar-refractivity contribution in [3.05, 3.63) is 59.5 Å². The number of fused-ring (bicyclic) bond motifs is 1. The first kappa shape index (κ1) is 22.4. The van der Waals surface area contributed by atoms with Crippen molar-refractivity contribution in [3.8, 4) is 0 Å². The molecule has 1 aliphatic heterocycles. The molecule has 1 saturated heterocycles. The Labute approximate surface area is 187 Å². The van der Waals surface area contributed by atoms with Gasteiger partial charge in [0.25, 0.3) is 5.91 Å². The van der Waals surface area contributed by atoms with Gasteiger partial charge in [-0.15, -0.1) is 0 Å². The number of sulfonamides is 1. The molecule has 3 heterocycles. The normalized spacial score (nSPS) is 19.9. The molecule has 170 valence electrons. The molecule has 2 atom stereocenters. The lowest BCUT2D eigenvalue weighted by Crippen LogP contribution is -2.44. The Morgan fingerprint density at radius 3 is 2.81 bits per heavy atom. The number of benzene rings is 1. The molecule has 9 heteroatoms. The Kier molecular flexibility index (Phi) is 6.07. The van der Waals surface area contributed by atoms with Crippen LogP contribution in [0.25, 0.3) is 10.9 Å². The third-order valence-electron chi connectivity index (χ3n) is 6.34. The molecule has 8 nitrogen and oxygen atoms in total. The fraction of sp³-hybridized carbons (Fsp3) is 0.391. The molecule has 0 aliphatic carbocycles. The fourth-order valence-electron chi connectivity index (χ4n) is 4.19. The second kappa shape index (κ2) is 8.65. The summed E-state index contributed by atoms with van der Waals surface area (Å²) in [6.07, 6.45) is 1.63. The van der Waals surface area contributed by atoms with Gasteiger partial charge in [-0.25, -0.2) is 8.42 Å². The number of nitrogens with one attached hydrogen (secondary N) is 1. The predicted molar refractivity (Wildman–Crippen MR) is 122 cm³/mol. The van der Waals surface area contributed by atoms with Crippen LogP contribution in [0.4, 0.5) is 0 Å². The number of aliphatic hydroxyl groups excluding tert-OH is 1. The number of rotatable bonds is 5. The van der Waals surface area contributed by atoms with Crippen LogP contribution < -0.4 is 5.32 Å². The molecule has 2 aromatic heterocycles. The highest BCUT2D eigenvalue weighted by molar-refractivity contribution is 7.89. The van der Waals surface area contributed by atoms with Crippen LogP contribution in [0, 0.1) is 12.8 Å². The zero-order valence-electron chi connectivity index (χ0n) is 18.4. The average molecular weight is 457 g/mol. The minimum Gasteiger partial charge on any atom is -0.393 e. The van der Waals surface area contributed by atoms with Crippen molar-refractivity contribution in [2.75, 3.05) is 13.1 Å². The Bertz CT molecular complexity index is 1260. The van der Waals surface area contributed by atoms with Gasteiger partial charge in [0.05, 0.1) is 11.6 Å². The van der Waals surface area contributed by atoms with Gasteiger partial charge in [0.1, 0.15) is 10.6 Å². The maximum atomic E-state index is 13.3. The van der Waals surface area contributed by atoms with Crippen LogP contribution in [-0.4, -0.2) is 52.5 Å². The lowest BCUT2D eigenvalue weighted by Gasteiger charge is -2.33. The molecular weight excluding hydrogens is 428 g/mol. The average Bonchev–Trinajstić information content (AvgIpc) is 3.09. The number of pyridine rings is 1. The zero-order chi connectivity index (χ0) is 23.0. The number of hydrogen-bond donors (Lipinski definition) is 2. The molecule has 2 N–H and O–H groups in total. The number of hydrogen-bond acceptors (Lipinski definition) is 5. The smallest absolute Gasteiger partial charge is 0.268 e. The van der Waals surface area contributed by atoms with Crippen LogP contribution >= 0.6 is 0 Å². The number of aromatic nitrogens is 2. The Hall–Kier alpha value is -2.75. The maximum absolute atomic E-state index is 13.3. The topological polar surface area (TPSA) is 105 Å². The van der Waals surface area contributed by atoms with Crippen molar-refractivity contribution in [1.29, 1.82) is 0 Å². The van der Waals surface area contributed by atoms with E-state index in [-0.39, 0.29) is 35.5 Å². The summed E-state index contributed by atoms with van der Waals surface area (Å²) in [7, 11) is -2.08. The van der Waals surface area contributed by atoms with Gasteiger partial charge in [0.15, 0.2) is 0 Å². The summed E-state index contributed by atoms with van der Waals surface area (Å²) >= 11 is 0. The molecule has 1 fully saturated rings. The third-order valence-corrected chi connectivity index (χ3v) is 8.32. The predicted octanol–water partition coefficient (Wildman–Crippen LogP) is 2.20. The highest BCUT2D eigenvalue weighted by atomic mass is 32.2. The van der Waals surface area contributed by atoms with Crippen molar-refractivity contribution >= 4 is 26.8 Å². The molecule has 1 amide bonds. The van der Waals surface area contributed by atoms with E-state index < -0.39 is 16.1 Å². The second-order valence-electron chi connectivity index (χ2n) is 8.40. The van der Waals surface area contributed by atoms with E-state index in [0.29, 0.717) is 18.7 Å². The Morgan fingerprint density at radius 1 is 1.28 bits per heavy atom. The summed E-state index contributed by atoms with van der Waals surface area (Å²) in [5.74, 6) is -0.485. The summed E-state index contributed by atoms with van der Waals surface area (Å²) in [5.41, 5.74) is 2.57. The number of nitrogens with zero attached hydrogens (tertiary/aromatic N) is 3. The fourth-order valence-corrected chi connectivity index (χ4v) is 6.02. The van der Waals surface area contributed by atoms with Gasteiger partial charge in [0.2, 0.25) is 10.0 Å². The zero-order valence-corrected chi connectivity index (χ0v) is 19.3.